The largest absolute Gasteiger partial charge is 0.335 e. The Morgan fingerprint density at radius 3 is 2.74 bits per heavy atom. The normalized spacial score (nSPS) is 18.2. The van der Waals surface area contributed by atoms with Crippen molar-refractivity contribution < 1.29 is 4.79 Å². The molecule has 0 unspecified atom stereocenters. The van der Waals surface area contributed by atoms with Gasteiger partial charge in [-0.15, -0.1) is 0 Å². The van der Waals surface area contributed by atoms with E-state index in [1.54, 1.807) is 12.1 Å². The molecule has 2 aliphatic rings. The lowest BCUT2D eigenvalue weighted by Crippen LogP contribution is -2.35. The van der Waals surface area contributed by atoms with Gasteiger partial charge in [-0.25, -0.2) is 10.8 Å². The van der Waals surface area contributed by atoms with E-state index in [2.05, 4.69) is 10.4 Å². The minimum absolute atomic E-state index is 0.0372. The molecule has 0 spiro atoms. The van der Waals surface area contributed by atoms with Crippen molar-refractivity contribution in [2.45, 2.75) is 31.7 Å². The maximum Gasteiger partial charge on any atom is 0.254 e. The number of anilines is 1. The summed E-state index contributed by atoms with van der Waals surface area (Å²) in [5.74, 6) is 6.47. The number of hydrazine groups is 1. The maximum absolute atomic E-state index is 12.6. The fourth-order valence-corrected chi connectivity index (χ4v) is 2.43. The smallest absolute Gasteiger partial charge is 0.254 e. The first-order valence-corrected chi connectivity index (χ1v) is 7.00. The molecule has 0 radical (unpaired) electrons. The number of carbonyl (C=O) groups excluding carboxylic acids is 1. The highest BCUT2D eigenvalue weighted by molar-refractivity contribution is 6.29. The molecule has 0 saturated heterocycles. The first kappa shape index (κ1) is 12.7. The Kier molecular flexibility index (Phi) is 3.33. The molecule has 1 heterocycles. The lowest BCUT2D eigenvalue weighted by atomic mass is 10.2. The van der Waals surface area contributed by atoms with Crippen molar-refractivity contribution in [1.29, 1.82) is 0 Å². The molecule has 0 aromatic carbocycles. The number of aromatic nitrogens is 1. The Morgan fingerprint density at radius 2 is 2.16 bits per heavy atom. The predicted octanol–water partition coefficient (Wildman–Crippen LogP) is 2.04. The van der Waals surface area contributed by atoms with Crippen molar-refractivity contribution in [3.05, 3.63) is 22.8 Å². The second kappa shape index (κ2) is 4.98. The highest BCUT2D eigenvalue weighted by Crippen LogP contribution is 2.35. The minimum atomic E-state index is 0.0372. The van der Waals surface area contributed by atoms with Crippen molar-refractivity contribution in [3.8, 4) is 0 Å². The number of rotatable bonds is 5. The van der Waals surface area contributed by atoms with Gasteiger partial charge in [0.2, 0.25) is 0 Å². The number of hydrogen-bond donors (Lipinski definition) is 2. The zero-order chi connectivity index (χ0) is 13.4. The van der Waals surface area contributed by atoms with Gasteiger partial charge in [-0.1, -0.05) is 11.6 Å². The molecule has 0 bridgehead atoms. The molecule has 2 fully saturated rings. The summed E-state index contributed by atoms with van der Waals surface area (Å²) in [4.78, 5) is 18.6. The third-order valence-corrected chi connectivity index (χ3v) is 3.78. The van der Waals surface area contributed by atoms with Crippen LogP contribution >= 0.6 is 11.6 Å². The van der Waals surface area contributed by atoms with Crippen molar-refractivity contribution in [2.24, 2.45) is 11.8 Å². The summed E-state index contributed by atoms with van der Waals surface area (Å²) in [6, 6.07) is 3.66. The van der Waals surface area contributed by atoms with E-state index >= 15 is 0 Å². The Morgan fingerprint density at radius 1 is 1.42 bits per heavy atom. The molecule has 2 saturated carbocycles. The van der Waals surface area contributed by atoms with Crippen LogP contribution in [0.2, 0.25) is 5.15 Å². The molecular formula is C13H17ClN4O. The van der Waals surface area contributed by atoms with E-state index in [9.17, 15) is 4.79 Å². The van der Waals surface area contributed by atoms with Gasteiger partial charge >= 0.3 is 0 Å². The van der Waals surface area contributed by atoms with Crippen LogP contribution in [0.4, 0.5) is 5.82 Å². The third kappa shape index (κ3) is 2.98. The Labute approximate surface area is 117 Å². The van der Waals surface area contributed by atoms with Gasteiger partial charge in [-0.3, -0.25) is 4.79 Å². The SMILES string of the molecule is NNc1cc(C(=O)N(CC2CC2)C2CC2)cc(Cl)n1. The lowest BCUT2D eigenvalue weighted by molar-refractivity contribution is 0.0734. The summed E-state index contributed by atoms with van der Waals surface area (Å²) in [6.45, 7) is 0.870. The quantitative estimate of drug-likeness (QED) is 0.492. The maximum atomic E-state index is 12.6. The van der Waals surface area contributed by atoms with E-state index in [4.69, 9.17) is 17.4 Å². The standard InChI is InChI=1S/C13H17ClN4O/c14-11-5-9(6-12(16-11)17-15)13(19)18(10-3-4-10)7-8-1-2-8/h5-6,8,10H,1-4,7,15H2,(H,16,17). The van der Waals surface area contributed by atoms with Crippen LogP contribution in [0.15, 0.2) is 12.1 Å². The second-order valence-electron chi connectivity index (χ2n) is 5.34. The van der Waals surface area contributed by atoms with E-state index in [1.165, 1.54) is 12.8 Å². The number of nitrogens with two attached hydrogens (primary N) is 1. The molecule has 5 nitrogen and oxygen atoms in total. The van der Waals surface area contributed by atoms with Gasteiger partial charge in [0.05, 0.1) is 0 Å². The molecule has 3 rings (SSSR count). The van der Waals surface area contributed by atoms with Gasteiger partial charge in [-0.05, 0) is 43.7 Å². The molecule has 1 aromatic heterocycles. The summed E-state index contributed by atoms with van der Waals surface area (Å²) < 4.78 is 0. The third-order valence-electron chi connectivity index (χ3n) is 3.59. The van der Waals surface area contributed by atoms with Crippen LogP contribution in [-0.4, -0.2) is 28.4 Å². The monoisotopic (exact) mass is 280 g/mol. The van der Waals surface area contributed by atoms with Crippen LogP contribution in [0.1, 0.15) is 36.0 Å². The van der Waals surface area contributed by atoms with Crippen molar-refractivity contribution in [1.82, 2.24) is 9.88 Å². The van der Waals surface area contributed by atoms with E-state index in [-0.39, 0.29) is 11.1 Å². The van der Waals surface area contributed by atoms with Gasteiger partial charge in [0, 0.05) is 18.2 Å². The predicted molar refractivity (Wildman–Crippen MR) is 73.8 cm³/mol. The highest BCUT2D eigenvalue weighted by Gasteiger charge is 2.37. The fraction of sp³-hybridized carbons (Fsp3) is 0.538. The number of hydrogen-bond acceptors (Lipinski definition) is 4. The summed E-state index contributed by atoms with van der Waals surface area (Å²) >= 11 is 5.91. The first-order valence-electron chi connectivity index (χ1n) is 6.62. The van der Waals surface area contributed by atoms with Gasteiger partial charge < -0.3 is 10.3 Å². The number of nitrogen functional groups attached to an aromatic ring is 1. The van der Waals surface area contributed by atoms with E-state index in [0.717, 1.165) is 19.4 Å². The van der Waals surface area contributed by atoms with Crippen LogP contribution in [-0.2, 0) is 0 Å². The number of amides is 1. The molecule has 19 heavy (non-hydrogen) atoms. The minimum Gasteiger partial charge on any atom is -0.335 e. The van der Waals surface area contributed by atoms with Crippen molar-refractivity contribution in [3.63, 3.8) is 0 Å². The van der Waals surface area contributed by atoms with E-state index in [1.807, 2.05) is 4.90 Å². The number of halogens is 1. The number of nitrogens with zero attached hydrogens (tertiary/aromatic N) is 2. The fourth-order valence-electron chi connectivity index (χ4n) is 2.22. The second-order valence-corrected chi connectivity index (χ2v) is 5.73. The first-order chi connectivity index (χ1) is 9.17. The molecular weight excluding hydrogens is 264 g/mol. The Bertz CT molecular complexity index is 499. The molecule has 3 N–H and O–H groups in total. The van der Waals surface area contributed by atoms with E-state index in [0.29, 0.717) is 23.3 Å². The van der Waals surface area contributed by atoms with Crippen LogP contribution < -0.4 is 11.3 Å². The Hall–Kier alpha value is -1.33. The van der Waals surface area contributed by atoms with Gasteiger partial charge in [0.15, 0.2) is 0 Å². The average Bonchev–Trinajstić information content (AvgIpc) is 3.27. The molecule has 0 aliphatic heterocycles. The molecule has 0 atom stereocenters. The summed E-state index contributed by atoms with van der Waals surface area (Å²) in [5.41, 5.74) is 2.99. The molecule has 1 amide bonds. The van der Waals surface area contributed by atoms with Crippen LogP contribution in [0.25, 0.3) is 0 Å². The van der Waals surface area contributed by atoms with Crippen LogP contribution in [0.3, 0.4) is 0 Å². The number of nitrogens with one attached hydrogen (secondary N) is 1. The van der Waals surface area contributed by atoms with Crippen LogP contribution in [0, 0.1) is 5.92 Å². The van der Waals surface area contributed by atoms with Gasteiger partial charge in [0.25, 0.3) is 5.91 Å². The number of pyridine rings is 1. The van der Waals surface area contributed by atoms with Crippen molar-refractivity contribution in [2.75, 3.05) is 12.0 Å². The van der Waals surface area contributed by atoms with Gasteiger partial charge in [-0.2, -0.15) is 0 Å². The summed E-state index contributed by atoms with van der Waals surface area (Å²) in [7, 11) is 0. The molecule has 2 aliphatic carbocycles. The zero-order valence-corrected chi connectivity index (χ0v) is 11.4. The van der Waals surface area contributed by atoms with Crippen molar-refractivity contribution >= 4 is 23.3 Å². The zero-order valence-electron chi connectivity index (χ0n) is 10.6. The van der Waals surface area contributed by atoms with Gasteiger partial charge in [0.1, 0.15) is 11.0 Å². The molecule has 102 valence electrons. The topological polar surface area (TPSA) is 71.2 Å². The van der Waals surface area contributed by atoms with Crippen LogP contribution in [0.5, 0.6) is 0 Å². The molecule has 6 heteroatoms. The lowest BCUT2D eigenvalue weighted by Gasteiger charge is -2.22. The summed E-state index contributed by atoms with van der Waals surface area (Å²) in [5, 5.41) is 0.279. The van der Waals surface area contributed by atoms with E-state index < -0.39 is 0 Å². The average molecular weight is 281 g/mol. The summed E-state index contributed by atoms with van der Waals surface area (Å²) in [6.07, 6.45) is 4.70. The number of carbonyl (C=O) groups is 1. The molecule has 1 aromatic rings. The Balaban J connectivity index is 1.81. The highest BCUT2D eigenvalue weighted by atomic mass is 35.5.